The summed E-state index contributed by atoms with van der Waals surface area (Å²) < 4.78 is 13.7. The Bertz CT molecular complexity index is 723. The van der Waals surface area contributed by atoms with Gasteiger partial charge in [0.05, 0.1) is 28.6 Å². The van der Waals surface area contributed by atoms with E-state index in [0.717, 1.165) is 6.07 Å². The number of halogens is 1. The van der Waals surface area contributed by atoms with Crippen LogP contribution in [0.1, 0.15) is 21.6 Å². The molecule has 0 fully saturated rings. The molecule has 0 bridgehead atoms. The van der Waals surface area contributed by atoms with E-state index >= 15 is 0 Å². The van der Waals surface area contributed by atoms with E-state index < -0.39 is 11.8 Å². The fraction of sp³-hybridized carbons (Fsp3) is 0.0714. The standard InChI is InChI=1S/C14H10FN3O2/c1-8-10(14(19)20)3-5-13(17-8)18-12-4-2-9(7-16)6-11(12)15/h2-6H,1H3,(H,17,18)(H,19,20). The van der Waals surface area contributed by atoms with Gasteiger partial charge in [-0.25, -0.2) is 14.2 Å². The van der Waals surface area contributed by atoms with Gasteiger partial charge in [-0.1, -0.05) is 0 Å². The van der Waals surface area contributed by atoms with E-state index in [2.05, 4.69) is 10.3 Å². The van der Waals surface area contributed by atoms with Crippen molar-refractivity contribution < 1.29 is 14.3 Å². The quantitative estimate of drug-likeness (QED) is 0.896. The molecule has 0 aliphatic carbocycles. The normalized spacial score (nSPS) is 9.85. The summed E-state index contributed by atoms with van der Waals surface area (Å²) >= 11 is 0. The summed E-state index contributed by atoms with van der Waals surface area (Å²) in [5.41, 5.74) is 0.810. The molecule has 100 valence electrons. The van der Waals surface area contributed by atoms with E-state index in [-0.39, 0.29) is 16.8 Å². The minimum atomic E-state index is -1.06. The molecular weight excluding hydrogens is 261 g/mol. The zero-order chi connectivity index (χ0) is 14.7. The third-order valence-electron chi connectivity index (χ3n) is 2.68. The Morgan fingerprint density at radius 3 is 2.70 bits per heavy atom. The third kappa shape index (κ3) is 2.72. The molecule has 5 nitrogen and oxygen atoms in total. The van der Waals surface area contributed by atoms with Crippen LogP contribution in [0.3, 0.4) is 0 Å². The number of nitrogens with one attached hydrogen (secondary N) is 1. The van der Waals surface area contributed by atoms with Crippen molar-refractivity contribution in [3.8, 4) is 6.07 Å². The topological polar surface area (TPSA) is 86.0 Å². The van der Waals surface area contributed by atoms with Gasteiger partial charge in [0.2, 0.25) is 0 Å². The number of rotatable bonds is 3. The summed E-state index contributed by atoms with van der Waals surface area (Å²) in [7, 11) is 0. The van der Waals surface area contributed by atoms with Gasteiger partial charge < -0.3 is 10.4 Å². The molecule has 0 spiro atoms. The molecule has 0 aliphatic rings. The zero-order valence-corrected chi connectivity index (χ0v) is 10.5. The van der Waals surface area contributed by atoms with Crippen molar-refractivity contribution in [1.29, 1.82) is 5.26 Å². The van der Waals surface area contributed by atoms with Gasteiger partial charge in [-0.15, -0.1) is 0 Å². The van der Waals surface area contributed by atoms with Crippen molar-refractivity contribution >= 4 is 17.5 Å². The van der Waals surface area contributed by atoms with Crippen molar-refractivity contribution in [2.75, 3.05) is 5.32 Å². The number of aryl methyl sites for hydroxylation is 1. The summed E-state index contributed by atoms with van der Waals surface area (Å²) in [5, 5.41) is 20.3. The van der Waals surface area contributed by atoms with Gasteiger partial charge in [-0.3, -0.25) is 0 Å². The summed E-state index contributed by atoms with van der Waals surface area (Å²) in [6.45, 7) is 1.56. The van der Waals surface area contributed by atoms with Crippen molar-refractivity contribution in [1.82, 2.24) is 4.98 Å². The molecule has 0 radical (unpaired) electrons. The highest BCUT2D eigenvalue weighted by atomic mass is 19.1. The maximum Gasteiger partial charge on any atom is 0.337 e. The highest BCUT2D eigenvalue weighted by Gasteiger charge is 2.10. The molecule has 0 saturated carbocycles. The Hall–Kier alpha value is -2.94. The number of aromatic nitrogens is 1. The maximum atomic E-state index is 13.7. The number of carboxylic acids is 1. The summed E-state index contributed by atoms with van der Waals surface area (Å²) in [6, 6.07) is 8.70. The van der Waals surface area contributed by atoms with E-state index in [4.69, 9.17) is 10.4 Å². The third-order valence-corrected chi connectivity index (χ3v) is 2.68. The predicted molar refractivity (Wildman–Crippen MR) is 70.3 cm³/mol. The lowest BCUT2D eigenvalue weighted by Gasteiger charge is -2.08. The number of carbonyl (C=O) groups is 1. The van der Waals surface area contributed by atoms with Crippen LogP contribution < -0.4 is 5.32 Å². The molecule has 0 unspecified atom stereocenters. The Kier molecular flexibility index (Phi) is 3.62. The molecule has 6 heteroatoms. The van der Waals surface area contributed by atoms with Gasteiger partial charge in [0.1, 0.15) is 11.6 Å². The van der Waals surface area contributed by atoms with Crippen LogP contribution in [0.5, 0.6) is 0 Å². The largest absolute Gasteiger partial charge is 0.478 e. The van der Waals surface area contributed by atoms with E-state index in [1.54, 1.807) is 6.92 Å². The molecule has 2 N–H and O–H groups in total. The van der Waals surface area contributed by atoms with E-state index in [1.165, 1.54) is 24.3 Å². The van der Waals surface area contributed by atoms with Crippen LogP contribution in [-0.2, 0) is 0 Å². The van der Waals surface area contributed by atoms with Gasteiger partial charge in [-0.2, -0.15) is 5.26 Å². The second-order valence-electron chi connectivity index (χ2n) is 4.07. The van der Waals surface area contributed by atoms with Crippen LogP contribution >= 0.6 is 0 Å². The SMILES string of the molecule is Cc1nc(Nc2ccc(C#N)cc2F)ccc1C(=O)O. The molecule has 0 aliphatic heterocycles. The van der Waals surface area contributed by atoms with Gasteiger partial charge in [-0.05, 0) is 37.3 Å². The highest BCUT2D eigenvalue weighted by molar-refractivity contribution is 5.89. The van der Waals surface area contributed by atoms with Gasteiger partial charge in [0.15, 0.2) is 0 Å². The minimum Gasteiger partial charge on any atom is -0.478 e. The molecule has 1 heterocycles. The smallest absolute Gasteiger partial charge is 0.337 e. The number of nitrogens with zero attached hydrogens (tertiary/aromatic N) is 2. The van der Waals surface area contributed by atoms with Crippen LogP contribution in [0.15, 0.2) is 30.3 Å². The number of aromatic carboxylic acids is 1. The molecule has 20 heavy (non-hydrogen) atoms. The van der Waals surface area contributed by atoms with Crippen molar-refractivity contribution in [3.63, 3.8) is 0 Å². The number of carboxylic acid groups (broad SMARTS) is 1. The first-order valence-corrected chi connectivity index (χ1v) is 5.69. The first-order chi connectivity index (χ1) is 9.51. The van der Waals surface area contributed by atoms with Gasteiger partial charge >= 0.3 is 5.97 Å². The van der Waals surface area contributed by atoms with Crippen molar-refractivity contribution in [2.45, 2.75) is 6.92 Å². The molecular formula is C14H10FN3O2. The van der Waals surface area contributed by atoms with Crippen LogP contribution in [0.4, 0.5) is 15.9 Å². The number of hydrogen-bond donors (Lipinski definition) is 2. The number of anilines is 2. The Morgan fingerprint density at radius 1 is 1.40 bits per heavy atom. The first kappa shape index (κ1) is 13.5. The molecule has 1 aromatic carbocycles. The lowest BCUT2D eigenvalue weighted by atomic mass is 10.2. The Morgan fingerprint density at radius 2 is 2.15 bits per heavy atom. The first-order valence-electron chi connectivity index (χ1n) is 5.69. The minimum absolute atomic E-state index is 0.0934. The van der Waals surface area contributed by atoms with Gasteiger partial charge in [0, 0.05) is 0 Å². The van der Waals surface area contributed by atoms with Gasteiger partial charge in [0.25, 0.3) is 0 Å². The van der Waals surface area contributed by atoms with E-state index in [9.17, 15) is 9.18 Å². The van der Waals surface area contributed by atoms with Crippen LogP contribution in [-0.4, -0.2) is 16.1 Å². The van der Waals surface area contributed by atoms with Crippen LogP contribution in [0.25, 0.3) is 0 Å². The summed E-state index contributed by atoms with van der Waals surface area (Å²) in [4.78, 5) is 14.9. The monoisotopic (exact) mass is 271 g/mol. The van der Waals surface area contributed by atoms with Crippen LogP contribution in [0, 0.1) is 24.1 Å². The Balaban J connectivity index is 2.29. The lowest BCUT2D eigenvalue weighted by Crippen LogP contribution is -2.04. The zero-order valence-electron chi connectivity index (χ0n) is 10.5. The molecule has 2 aromatic rings. The molecule has 0 amide bonds. The molecule has 0 saturated heterocycles. The summed E-state index contributed by atoms with van der Waals surface area (Å²) in [5.74, 6) is -1.31. The average Bonchev–Trinajstić information content (AvgIpc) is 2.40. The fourth-order valence-electron chi connectivity index (χ4n) is 1.68. The lowest BCUT2D eigenvalue weighted by molar-refractivity contribution is 0.0695. The van der Waals surface area contributed by atoms with E-state index in [0.29, 0.717) is 11.5 Å². The Labute approximate surface area is 114 Å². The average molecular weight is 271 g/mol. The predicted octanol–water partition coefficient (Wildman–Crippen LogP) is 2.84. The second kappa shape index (κ2) is 5.36. The second-order valence-corrected chi connectivity index (χ2v) is 4.07. The number of nitriles is 1. The molecule has 0 atom stereocenters. The summed E-state index contributed by atoms with van der Waals surface area (Å²) in [6.07, 6.45) is 0. The van der Waals surface area contributed by atoms with E-state index in [1.807, 2.05) is 6.07 Å². The highest BCUT2D eigenvalue weighted by Crippen LogP contribution is 2.20. The van der Waals surface area contributed by atoms with Crippen LogP contribution in [0.2, 0.25) is 0 Å². The van der Waals surface area contributed by atoms with Crippen molar-refractivity contribution in [2.24, 2.45) is 0 Å². The molecule has 2 rings (SSSR count). The number of hydrogen-bond acceptors (Lipinski definition) is 4. The van der Waals surface area contributed by atoms with Crippen molar-refractivity contribution in [3.05, 3.63) is 53.0 Å². The number of benzene rings is 1. The fourth-order valence-corrected chi connectivity index (χ4v) is 1.68. The molecule has 1 aromatic heterocycles. The maximum absolute atomic E-state index is 13.7. The number of pyridine rings is 1.